The van der Waals surface area contributed by atoms with E-state index in [9.17, 15) is 0 Å². The number of ether oxygens (including phenoxy) is 1. The Morgan fingerprint density at radius 3 is 2.84 bits per heavy atom. The van der Waals surface area contributed by atoms with Crippen LogP contribution in [0.5, 0.6) is 0 Å². The largest absolute Gasteiger partial charge is 0.376 e. The minimum absolute atomic E-state index is 0.339. The number of benzene rings is 1. The van der Waals surface area contributed by atoms with Gasteiger partial charge in [-0.25, -0.2) is 0 Å². The normalized spacial score (nSPS) is 24.6. The van der Waals surface area contributed by atoms with Crippen LogP contribution in [0.1, 0.15) is 37.0 Å². The summed E-state index contributed by atoms with van der Waals surface area (Å²) in [7, 11) is 0. The van der Waals surface area contributed by atoms with Crippen LogP contribution >= 0.6 is 0 Å². The van der Waals surface area contributed by atoms with Gasteiger partial charge in [-0.1, -0.05) is 25.1 Å². The van der Waals surface area contributed by atoms with Crippen molar-refractivity contribution < 1.29 is 4.74 Å². The Labute approximate surface area is 116 Å². The molecule has 1 fully saturated rings. The van der Waals surface area contributed by atoms with Crippen molar-refractivity contribution in [3.8, 4) is 0 Å². The maximum Gasteiger partial charge on any atom is 0.0674 e. The highest BCUT2D eigenvalue weighted by atomic mass is 16.5. The Kier molecular flexibility index (Phi) is 4.97. The molecule has 0 saturated carbocycles. The Hall–Kier alpha value is -0.900. The van der Waals surface area contributed by atoms with Crippen molar-refractivity contribution in [1.29, 1.82) is 0 Å². The lowest BCUT2D eigenvalue weighted by Crippen LogP contribution is -2.47. The molecule has 0 bridgehead atoms. The first-order valence-electron chi connectivity index (χ1n) is 7.28. The quantitative estimate of drug-likeness (QED) is 0.906. The summed E-state index contributed by atoms with van der Waals surface area (Å²) in [4.78, 5) is 2.55. The van der Waals surface area contributed by atoms with Crippen LogP contribution in [0.2, 0.25) is 0 Å². The zero-order valence-electron chi connectivity index (χ0n) is 12.4. The molecular weight excluding hydrogens is 236 g/mol. The van der Waals surface area contributed by atoms with E-state index in [4.69, 9.17) is 10.5 Å². The van der Waals surface area contributed by atoms with E-state index in [1.54, 1.807) is 0 Å². The molecule has 0 radical (unpaired) electrons. The van der Waals surface area contributed by atoms with Crippen LogP contribution < -0.4 is 5.73 Å². The Morgan fingerprint density at radius 2 is 2.21 bits per heavy atom. The van der Waals surface area contributed by atoms with Gasteiger partial charge in [0.15, 0.2) is 0 Å². The van der Waals surface area contributed by atoms with Crippen LogP contribution in [-0.4, -0.2) is 30.2 Å². The van der Waals surface area contributed by atoms with Gasteiger partial charge in [-0.05, 0) is 37.0 Å². The minimum Gasteiger partial charge on any atom is -0.376 e. The highest BCUT2D eigenvalue weighted by Crippen LogP contribution is 2.20. The molecule has 0 spiro atoms. The molecule has 2 rings (SSSR count). The molecule has 19 heavy (non-hydrogen) atoms. The number of rotatable bonds is 4. The average Bonchev–Trinajstić information content (AvgIpc) is 2.41. The number of nitrogens with zero attached hydrogens (tertiary/aromatic N) is 1. The van der Waals surface area contributed by atoms with Gasteiger partial charge in [-0.2, -0.15) is 0 Å². The summed E-state index contributed by atoms with van der Waals surface area (Å²) in [5.74, 6) is 0. The summed E-state index contributed by atoms with van der Waals surface area (Å²) in [6.45, 7) is 10.1. The van der Waals surface area contributed by atoms with Gasteiger partial charge in [-0.15, -0.1) is 0 Å². The average molecular weight is 262 g/mol. The topological polar surface area (TPSA) is 38.5 Å². The van der Waals surface area contributed by atoms with Crippen molar-refractivity contribution in [3.05, 3.63) is 34.9 Å². The predicted molar refractivity (Wildman–Crippen MR) is 79.0 cm³/mol. The summed E-state index contributed by atoms with van der Waals surface area (Å²) in [6, 6.07) is 7.13. The second-order valence-electron chi connectivity index (χ2n) is 5.60. The summed E-state index contributed by atoms with van der Waals surface area (Å²) in [6.07, 6.45) is 1.48. The van der Waals surface area contributed by atoms with Crippen molar-refractivity contribution in [2.75, 3.05) is 13.2 Å². The van der Waals surface area contributed by atoms with Gasteiger partial charge in [0.25, 0.3) is 0 Å². The molecule has 1 aromatic carbocycles. The second kappa shape index (κ2) is 6.51. The minimum atomic E-state index is 0.339. The highest BCUT2D eigenvalue weighted by Gasteiger charge is 2.25. The van der Waals surface area contributed by atoms with E-state index in [0.717, 1.165) is 26.1 Å². The second-order valence-corrected chi connectivity index (χ2v) is 5.60. The smallest absolute Gasteiger partial charge is 0.0674 e. The molecule has 2 atom stereocenters. The lowest BCUT2D eigenvalue weighted by Gasteiger charge is -2.38. The lowest BCUT2D eigenvalue weighted by molar-refractivity contribution is -0.0592. The third-order valence-corrected chi connectivity index (χ3v) is 4.07. The van der Waals surface area contributed by atoms with Crippen molar-refractivity contribution in [2.24, 2.45) is 5.73 Å². The maximum atomic E-state index is 5.76. The molecule has 1 aromatic rings. The summed E-state index contributed by atoms with van der Waals surface area (Å²) >= 11 is 0. The molecule has 2 N–H and O–H groups in total. The molecule has 3 heteroatoms. The van der Waals surface area contributed by atoms with Gasteiger partial charge < -0.3 is 10.5 Å². The molecule has 0 aromatic heterocycles. The fourth-order valence-electron chi connectivity index (χ4n) is 2.76. The Balaban J connectivity index is 2.10. The molecule has 2 unspecified atom stereocenters. The van der Waals surface area contributed by atoms with E-state index >= 15 is 0 Å². The van der Waals surface area contributed by atoms with Crippen molar-refractivity contribution >= 4 is 0 Å². The molecule has 0 aliphatic carbocycles. The maximum absolute atomic E-state index is 5.76. The molecule has 1 aliphatic rings. The predicted octanol–water partition coefficient (Wildman–Crippen LogP) is 2.45. The Morgan fingerprint density at radius 1 is 1.42 bits per heavy atom. The number of nitrogens with two attached hydrogens (primary N) is 1. The third-order valence-electron chi connectivity index (χ3n) is 4.07. The first kappa shape index (κ1) is 14.5. The van der Waals surface area contributed by atoms with Crippen LogP contribution in [0.25, 0.3) is 0 Å². The van der Waals surface area contributed by atoms with E-state index in [2.05, 4.69) is 43.9 Å². The molecular formula is C16H26N2O. The molecule has 106 valence electrons. The van der Waals surface area contributed by atoms with Crippen LogP contribution in [0.3, 0.4) is 0 Å². The molecule has 1 aliphatic heterocycles. The van der Waals surface area contributed by atoms with Crippen LogP contribution in [0.15, 0.2) is 18.2 Å². The van der Waals surface area contributed by atoms with Crippen LogP contribution in [0.4, 0.5) is 0 Å². The fourth-order valence-corrected chi connectivity index (χ4v) is 2.76. The summed E-state index contributed by atoms with van der Waals surface area (Å²) in [5, 5.41) is 0. The summed E-state index contributed by atoms with van der Waals surface area (Å²) < 4.78 is 5.76. The zero-order chi connectivity index (χ0) is 13.8. The monoisotopic (exact) mass is 262 g/mol. The first-order chi connectivity index (χ1) is 9.13. The van der Waals surface area contributed by atoms with Crippen molar-refractivity contribution in [2.45, 2.75) is 52.4 Å². The zero-order valence-corrected chi connectivity index (χ0v) is 12.4. The SMILES string of the molecule is CCC1COC(C)CN1Cc1ccc(CN)cc1C. The van der Waals surface area contributed by atoms with E-state index < -0.39 is 0 Å². The number of hydrogen-bond acceptors (Lipinski definition) is 3. The number of hydrogen-bond donors (Lipinski definition) is 1. The fraction of sp³-hybridized carbons (Fsp3) is 0.625. The van der Waals surface area contributed by atoms with E-state index in [1.807, 2.05) is 0 Å². The standard InChI is InChI=1S/C16H26N2O/c1-4-16-11-19-13(3)9-18(16)10-15-6-5-14(8-17)7-12(15)2/h5-7,13,16H,4,8-11,17H2,1-3H3. The van der Waals surface area contributed by atoms with Crippen LogP contribution in [0, 0.1) is 6.92 Å². The van der Waals surface area contributed by atoms with Gasteiger partial charge in [0.1, 0.15) is 0 Å². The number of aryl methyl sites for hydroxylation is 1. The van der Waals surface area contributed by atoms with Gasteiger partial charge >= 0.3 is 0 Å². The van der Waals surface area contributed by atoms with Crippen LogP contribution in [-0.2, 0) is 17.8 Å². The molecule has 3 nitrogen and oxygen atoms in total. The molecule has 1 saturated heterocycles. The first-order valence-corrected chi connectivity index (χ1v) is 7.28. The van der Waals surface area contributed by atoms with E-state index in [0.29, 0.717) is 18.7 Å². The van der Waals surface area contributed by atoms with Crippen molar-refractivity contribution in [3.63, 3.8) is 0 Å². The van der Waals surface area contributed by atoms with E-state index in [-0.39, 0.29) is 0 Å². The summed E-state index contributed by atoms with van der Waals surface area (Å²) in [5.41, 5.74) is 9.65. The van der Waals surface area contributed by atoms with Crippen molar-refractivity contribution in [1.82, 2.24) is 4.90 Å². The highest BCUT2D eigenvalue weighted by molar-refractivity contribution is 5.31. The molecule has 1 heterocycles. The Bertz CT molecular complexity index is 419. The number of morpholine rings is 1. The molecule has 0 amide bonds. The third kappa shape index (κ3) is 3.56. The van der Waals surface area contributed by atoms with E-state index in [1.165, 1.54) is 16.7 Å². The van der Waals surface area contributed by atoms with Gasteiger partial charge in [0, 0.05) is 25.7 Å². The van der Waals surface area contributed by atoms with Gasteiger partial charge in [-0.3, -0.25) is 4.90 Å². The van der Waals surface area contributed by atoms with Gasteiger partial charge in [0.2, 0.25) is 0 Å². The lowest BCUT2D eigenvalue weighted by atomic mass is 10.0. The van der Waals surface area contributed by atoms with Gasteiger partial charge in [0.05, 0.1) is 12.7 Å².